The van der Waals surface area contributed by atoms with Gasteiger partial charge >= 0.3 is 5.97 Å². The monoisotopic (exact) mass is 547 g/mol. The van der Waals surface area contributed by atoms with Gasteiger partial charge in [0, 0.05) is 26.1 Å². The second-order valence-corrected chi connectivity index (χ2v) is 11.5. The molecule has 218 valence electrons. The zero-order valence-corrected chi connectivity index (χ0v) is 23.7. The number of aliphatic carboxylic acids is 1. The van der Waals surface area contributed by atoms with E-state index in [9.17, 15) is 29.4 Å². The number of hydrogen-bond acceptors (Lipinski definition) is 7. The Balaban J connectivity index is 2.21. The first-order valence-corrected chi connectivity index (χ1v) is 13.7. The van der Waals surface area contributed by atoms with Crippen LogP contribution in [0, 0.1) is 11.3 Å². The number of phenolic OH excluding ortho intramolecular Hbond substituents is 1. The van der Waals surface area contributed by atoms with Crippen LogP contribution < -0.4 is 26.6 Å². The van der Waals surface area contributed by atoms with Gasteiger partial charge in [0.05, 0.1) is 6.04 Å². The molecule has 1 aliphatic heterocycles. The van der Waals surface area contributed by atoms with Crippen LogP contribution in [0.15, 0.2) is 24.3 Å². The number of carboxylic acid groups (broad SMARTS) is 1. The van der Waals surface area contributed by atoms with Gasteiger partial charge in [0.25, 0.3) is 0 Å². The van der Waals surface area contributed by atoms with Crippen molar-refractivity contribution >= 4 is 23.7 Å². The van der Waals surface area contributed by atoms with Crippen molar-refractivity contribution in [3.8, 4) is 5.75 Å². The minimum Gasteiger partial charge on any atom is -0.508 e. The highest BCUT2D eigenvalue weighted by atomic mass is 16.4. The standard InChI is InChI=1S/C28H45N5O6/c1-6-17(2)23(26(37)31-20(27(38)39)11-12-28(3,4)5)33-24(35)21(15-18-7-9-19(34)10-8-18)32-25(36)22-16-29-13-14-30-22/h7-10,17,20-23,29-30,34H,6,11-16H2,1-5H3,(H,31,37)(H,32,36)(H,33,35)(H,38,39)/t17-,20-,21-,22-,23-/m0/s1. The number of rotatable bonds is 13. The lowest BCUT2D eigenvalue weighted by Gasteiger charge is -2.29. The average molecular weight is 548 g/mol. The molecule has 0 aliphatic carbocycles. The average Bonchev–Trinajstić information content (AvgIpc) is 2.89. The van der Waals surface area contributed by atoms with Gasteiger partial charge in [-0.15, -0.1) is 0 Å². The molecule has 1 aliphatic rings. The third-order valence-corrected chi connectivity index (χ3v) is 6.96. The van der Waals surface area contributed by atoms with Crippen LogP contribution in [0.5, 0.6) is 5.75 Å². The van der Waals surface area contributed by atoms with E-state index in [1.807, 2.05) is 27.7 Å². The predicted octanol–water partition coefficient (Wildman–Crippen LogP) is 0.908. The molecule has 0 radical (unpaired) electrons. The number of hydrogen-bond donors (Lipinski definition) is 7. The molecule has 1 aromatic rings. The summed E-state index contributed by atoms with van der Waals surface area (Å²) in [6, 6.07) is 2.73. The molecule has 0 bridgehead atoms. The molecule has 11 heteroatoms. The Kier molecular flexibility index (Phi) is 12.2. The molecular weight excluding hydrogens is 502 g/mol. The maximum Gasteiger partial charge on any atom is 0.326 e. The smallest absolute Gasteiger partial charge is 0.326 e. The molecule has 1 aromatic carbocycles. The second-order valence-electron chi connectivity index (χ2n) is 11.5. The molecule has 39 heavy (non-hydrogen) atoms. The largest absolute Gasteiger partial charge is 0.508 e. The molecule has 5 atom stereocenters. The summed E-state index contributed by atoms with van der Waals surface area (Å²) < 4.78 is 0. The van der Waals surface area contributed by atoms with Crippen LogP contribution >= 0.6 is 0 Å². The Hall–Kier alpha value is -3.18. The third kappa shape index (κ3) is 10.8. The molecule has 11 nitrogen and oxygen atoms in total. The number of benzene rings is 1. The SMILES string of the molecule is CC[C@H](C)[C@H](NC(=O)[C@H](Cc1ccc(O)cc1)NC(=O)[C@@H]1CNCCN1)C(=O)N[C@@H](CCC(C)(C)C)C(=O)O. The van der Waals surface area contributed by atoms with Crippen LogP contribution in [0.25, 0.3) is 0 Å². The zero-order valence-electron chi connectivity index (χ0n) is 23.7. The van der Waals surface area contributed by atoms with E-state index in [1.165, 1.54) is 12.1 Å². The van der Waals surface area contributed by atoms with E-state index in [-0.39, 0.29) is 35.8 Å². The third-order valence-electron chi connectivity index (χ3n) is 6.96. The van der Waals surface area contributed by atoms with Crippen molar-refractivity contribution in [2.24, 2.45) is 11.3 Å². The van der Waals surface area contributed by atoms with E-state index in [4.69, 9.17) is 0 Å². The van der Waals surface area contributed by atoms with Crippen molar-refractivity contribution in [1.82, 2.24) is 26.6 Å². The van der Waals surface area contributed by atoms with Gasteiger partial charge in [-0.3, -0.25) is 14.4 Å². The lowest BCUT2D eigenvalue weighted by atomic mass is 9.88. The summed E-state index contributed by atoms with van der Waals surface area (Å²) in [7, 11) is 0. The van der Waals surface area contributed by atoms with Crippen LogP contribution in [0.4, 0.5) is 0 Å². The minimum atomic E-state index is -1.13. The number of aromatic hydroxyl groups is 1. The molecular formula is C28H45N5O6. The summed E-state index contributed by atoms with van der Waals surface area (Å²) in [5.74, 6) is -2.82. The van der Waals surface area contributed by atoms with Crippen LogP contribution in [-0.2, 0) is 25.6 Å². The molecule has 0 saturated carbocycles. The summed E-state index contributed by atoms with van der Waals surface area (Å²) in [6.07, 6.45) is 1.55. The predicted molar refractivity (Wildman–Crippen MR) is 148 cm³/mol. The van der Waals surface area contributed by atoms with Crippen LogP contribution in [0.1, 0.15) is 59.4 Å². The number of amides is 3. The number of phenols is 1. The highest BCUT2D eigenvalue weighted by molar-refractivity contribution is 5.94. The van der Waals surface area contributed by atoms with Gasteiger partial charge in [0.2, 0.25) is 17.7 Å². The highest BCUT2D eigenvalue weighted by Crippen LogP contribution is 2.22. The topological polar surface area (TPSA) is 169 Å². The fourth-order valence-electron chi connectivity index (χ4n) is 4.24. The minimum absolute atomic E-state index is 0.0780. The van der Waals surface area contributed by atoms with Crippen molar-refractivity contribution in [3.63, 3.8) is 0 Å². The van der Waals surface area contributed by atoms with E-state index in [1.54, 1.807) is 19.1 Å². The van der Waals surface area contributed by atoms with E-state index in [0.717, 1.165) is 6.54 Å². The van der Waals surface area contributed by atoms with Gasteiger partial charge in [-0.05, 0) is 41.9 Å². The Bertz CT molecular complexity index is 972. The number of piperazine rings is 1. The fourth-order valence-corrected chi connectivity index (χ4v) is 4.24. The Labute approximate surface area is 230 Å². The first-order chi connectivity index (χ1) is 18.3. The van der Waals surface area contributed by atoms with E-state index in [0.29, 0.717) is 31.5 Å². The van der Waals surface area contributed by atoms with Gasteiger partial charge in [0.1, 0.15) is 23.9 Å². The summed E-state index contributed by atoms with van der Waals surface area (Å²) in [6.45, 7) is 11.4. The number of nitrogens with one attached hydrogen (secondary N) is 5. The molecule has 1 heterocycles. The van der Waals surface area contributed by atoms with Crippen LogP contribution in [-0.4, -0.2) is 77.7 Å². The Morgan fingerprint density at radius 1 is 1.00 bits per heavy atom. The Morgan fingerprint density at radius 3 is 2.21 bits per heavy atom. The van der Waals surface area contributed by atoms with Gasteiger partial charge in [-0.25, -0.2) is 4.79 Å². The summed E-state index contributed by atoms with van der Waals surface area (Å²) >= 11 is 0. The zero-order chi connectivity index (χ0) is 29.2. The molecule has 1 saturated heterocycles. The number of carboxylic acids is 1. The fraction of sp³-hybridized carbons (Fsp3) is 0.643. The van der Waals surface area contributed by atoms with Crippen molar-refractivity contribution in [1.29, 1.82) is 0 Å². The van der Waals surface area contributed by atoms with Crippen molar-refractivity contribution in [2.45, 2.75) is 84.5 Å². The summed E-state index contributed by atoms with van der Waals surface area (Å²) in [4.78, 5) is 51.6. The lowest BCUT2D eigenvalue weighted by Crippen LogP contribution is -2.61. The normalized spacial score (nSPS) is 18.7. The molecule has 0 aromatic heterocycles. The first kappa shape index (κ1) is 32.0. The Morgan fingerprint density at radius 2 is 1.67 bits per heavy atom. The number of carbonyl (C=O) groups excluding carboxylic acids is 3. The molecule has 0 unspecified atom stereocenters. The van der Waals surface area contributed by atoms with Crippen molar-refractivity contribution in [2.75, 3.05) is 19.6 Å². The molecule has 0 spiro atoms. The summed E-state index contributed by atoms with van der Waals surface area (Å²) in [5.41, 5.74) is 0.603. The summed E-state index contributed by atoms with van der Waals surface area (Å²) in [5, 5.41) is 33.8. The van der Waals surface area contributed by atoms with Gasteiger partial charge in [-0.1, -0.05) is 53.2 Å². The van der Waals surface area contributed by atoms with E-state index < -0.39 is 42.0 Å². The van der Waals surface area contributed by atoms with Crippen molar-refractivity contribution < 1.29 is 29.4 Å². The lowest BCUT2D eigenvalue weighted by molar-refractivity contribution is -0.143. The molecule has 7 N–H and O–H groups in total. The first-order valence-electron chi connectivity index (χ1n) is 13.7. The van der Waals surface area contributed by atoms with Crippen molar-refractivity contribution in [3.05, 3.63) is 29.8 Å². The quantitative estimate of drug-likeness (QED) is 0.191. The maximum atomic E-state index is 13.5. The van der Waals surface area contributed by atoms with Gasteiger partial charge < -0.3 is 36.8 Å². The van der Waals surface area contributed by atoms with Gasteiger partial charge in [0.15, 0.2) is 0 Å². The number of carbonyl (C=O) groups is 4. The molecule has 1 fully saturated rings. The second kappa shape index (κ2) is 14.8. The van der Waals surface area contributed by atoms with Gasteiger partial charge in [-0.2, -0.15) is 0 Å². The maximum absolute atomic E-state index is 13.5. The van der Waals surface area contributed by atoms with Crippen LogP contribution in [0.2, 0.25) is 0 Å². The van der Waals surface area contributed by atoms with E-state index >= 15 is 0 Å². The molecule has 3 amide bonds. The highest BCUT2D eigenvalue weighted by Gasteiger charge is 2.33. The molecule has 2 rings (SSSR count). The van der Waals surface area contributed by atoms with E-state index in [2.05, 4.69) is 26.6 Å². The van der Waals surface area contributed by atoms with Crippen LogP contribution in [0.3, 0.4) is 0 Å².